The fourth-order valence-corrected chi connectivity index (χ4v) is 3.63. The Balaban J connectivity index is 0.000000173. The maximum absolute atomic E-state index is 10.6. The molecule has 1 aliphatic heterocycles. The predicted molar refractivity (Wildman–Crippen MR) is 136 cm³/mol. The third-order valence-electron chi connectivity index (χ3n) is 5.48. The molecule has 0 bridgehead atoms. The van der Waals surface area contributed by atoms with Gasteiger partial charge in [-0.15, -0.1) is 12.1 Å². The zero-order valence-electron chi connectivity index (χ0n) is 19.7. The second-order valence-corrected chi connectivity index (χ2v) is 8.02. The molecule has 0 spiro atoms. The van der Waals surface area contributed by atoms with Crippen molar-refractivity contribution >= 4 is 5.97 Å². The summed E-state index contributed by atoms with van der Waals surface area (Å²) in [6.45, 7) is 2.02. The van der Waals surface area contributed by atoms with Gasteiger partial charge in [-0.25, -0.2) is 9.78 Å². The van der Waals surface area contributed by atoms with Crippen LogP contribution in [-0.4, -0.2) is 21.0 Å². The maximum atomic E-state index is 10.6. The molecule has 3 aromatic carbocycles. The average Bonchev–Trinajstić information content (AvgIpc) is 2.93. The molecule has 0 saturated carbocycles. The van der Waals surface area contributed by atoms with E-state index in [-0.39, 0.29) is 25.8 Å². The molecule has 0 fully saturated rings. The van der Waals surface area contributed by atoms with Gasteiger partial charge in [-0.05, 0) is 42.4 Å². The number of carboxylic acids is 1. The number of benzene rings is 3. The Kier molecular flexibility index (Phi) is 8.08. The molecule has 37 heavy (non-hydrogen) atoms. The number of hydrogen-bond donors (Lipinski definition) is 1. The molecule has 1 radical (unpaired) electrons. The van der Waals surface area contributed by atoms with Gasteiger partial charge in [0.05, 0.1) is 11.5 Å². The zero-order valence-corrected chi connectivity index (χ0v) is 22.1. The minimum Gasteiger partial charge on any atom is -0.494 e. The van der Waals surface area contributed by atoms with Crippen LogP contribution in [0.25, 0.3) is 22.4 Å². The molecule has 3 heterocycles. The second kappa shape index (κ2) is 11.6. The summed E-state index contributed by atoms with van der Waals surface area (Å²) in [4.78, 5) is 18.9. The fraction of sp³-hybridized carbons (Fsp3) is 0.0333. The average molecular weight is 666 g/mol. The molecule has 6 nitrogen and oxygen atoms in total. The van der Waals surface area contributed by atoms with Gasteiger partial charge < -0.3 is 19.6 Å². The summed E-state index contributed by atoms with van der Waals surface area (Å²) < 4.78 is 11.8. The first kappa shape index (κ1) is 25.8. The van der Waals surface area contributed by atoms with Gasteiger partial charge in [0.25, 0.3) is 0 Å². The summed E-state index contributed by atoms with van der Waals surface area (Å²) in [5.74, 6) is 1.76. The minimum absolute atomic E-state index is 0. The van der Waals surface area contributed by atoms with Gasteiger partial charge in [0.1, 0.15) is 5.69 Å². The van der Waals surface area contributed by atoms with E-state index in [9.17, 15) is 4.79 Å². The van der Waals surface area contributed by atoms with Gasteiger partial charge in [-0.2, -0.15) is 0 Å². The number of aromatic nitrogens is 2. The predicted octanol–water partition coefficient (Wildman–Crippen LogP) is 7.20. The summed E-state index contributed by atoms with van der Waals surface area (Å²) in [5.41, 5.74) is 4.83. The van der Waals surface area contributed by atoms with Crippen molar-refractivity contribution in [2.75, 3.05) is 0 Å². The Morgan fingerprint density at radius 1 is 0.784 bits per heavy atom. The number of rotatable bonds is 3. The van der Waals surface area contributed by atoms with Crippen LogP contribution >= 0.6 is 0 Å². The Bertz CT molecular complexity index is 1510. The standard InChI is InChI=1S/C17H10NO2.C13H11NO2.Ir/c1-2-9-15-14(8-1)19-16-10-5-6-12(17(16)20-15)13-7-3-4-11-18-13;1-9-2-4-10(5-3-9)11-6-7-12(13(15)16)14-8-11;/h1-5,7-11H;2-8H,1H3,(H,15,16);/q-1;;. The third-order valence-corrected chi connectivity index (χ3v) is 5.48. The first-order valence-electron chi connectivity index (χ1n) is 11.3. The van der Waals surface area contributed by atoms with Gasteiger partial charge in [-0.3, -0.25) is 0 Å². The Hall–Kier alpha value is -4.32. The number of para-hydroxylation sites is 2. The number of fused-ring (bicyclic) bond motifs is 2. The largest absolute Gasteiger partial charge is 0.494 e. The minimum atomic E-state index is -1.00. The van der Waals surface area contributed by atoms with Crippen molar-refractivity contribution in [1.82, 2.24) is 9.97 Å². The van der Waals surface area contributed by atoms with Gasteiger partial charge in [0, 0.05) is 38.1 Å². The molecule has 0 atom stereocenters. The van der Waals surface area contributed by atoms with Crippen molar-refractivity contribution in [2.24, 2.45) is 0 Å². The number of carboxylic acid groups (broad SMARTS) is 1. The number of aromatic carboxylic acids is 1. The summed E-state index contributed by atoms with van der Waals surface area (Å²) >= 11 is 0. The van der Waals surface area contributed by atoms with Crippen LogP contribution in [-0.2, 0) is 20.1 Å². The van der Waals surface area contributed by atoms with Gasteiger partial charge in [0.15, 0.2) is 11.5 Å². The molecule has 0 unspecified atom stereocenters. The normalized spacial score (nSPS) is 10.7. The molecule has 5 aromatic rings. The van der Waals surface area contributed by atoms with Crippen LogP contribution in [0.3, 0.4) is 0 Å². The van der Waals surface area contributed by atoms with E-state index < -0.39 is 5.97 Å². The van der Waals surface area contributed by atoms with Crippen molar-refractivity contribution in [2.45, 2.75) is 6.92 Å². The van der Waals surface area contributed by atoms with E-state index in [0.717, 1.165) is 28.1 Å². The smallest absolute Gasteiger partial charge is 0.354 e. The van der Waals surface area contributed by atoms with E-state index in [1.165, 1.54) is 11.6 Å². The molecule has 6 rings (SSSR count). The van der Waals surface area contributed by atoms with E-state index in [1.807, 2.05) is 85.8 Å². The first-order chi connectivity index (χ1) is 17.6. The van der Waals surface area contributed by atoms with Crippen LogP contribution in [0.5, 0.6) is 23.0 Å². The van der Waals surface area contributed by atoms with Crippen molar-refractivity contribution in [3.8, 4) is 45.4 Å². The van der Waals surface area contributed by atoms with Crippen molar-refractivity contribution in [3.05, 3.63) is 121 Å². The van der Waals surface area contributed by atoms with E-state index >= 15 is 0 Å². The van der Waals surface area contributed by atoms with Gasteiger partial charge in [0.2, 0.25) is 0 Å². The zero-order chi connectivity index (χ0) is 24.9. The van der Waals surface area contributed by atoms with Crippen molar-refractivity contribution in [3.63, 3.8) is 0 Å². The van der Waals surface area contributed by atoms with Crippen LogP contribution in [0.15, 0.2) is 103 Å². The van der Waals surface area contributed by atoms with E-state index in [1.54, 1.807) is 18.5 Å². The third kappa shape index (κ3) is 5.92. The Labute approximate surface area is 227 Å². The van der Waals surface area contributed by atoms with Crippen molar-refractivity contribution in [1.29, 1.82) is 0 Å². The quantitative estimate of drug-likeness (QED) is 0.202. The summed E-state index contributed by atoms with van der Waals surface area (Å²) in [7, 11) is 0. The number of hydrogen-bond acceptors (Lipinski definition) is 5. The summed E-state index contributed by atoms with van der Waals surface area (Å²) in [5, 5.41) is 8.72. The summed E-state index contributed by atoms with van der Waals surface area (Å²) in [6, 6.07) is 31.5. The van der Waals surface area contributed by atoms with Crippen LogP contribution in [0.2, 0.25) is 0 Å². The maximum Gasteiger partial charge on any atom is 0.354 e. The molecule has 2 aromatic heterocycles. The molecule has 185 valence electrons. The van der Waals surface area contributed by atoms with Crippen LogP contribution in [0, 0.1) is 13.0 Å². The topological polar surface area (TPSA) is 81.5 Å². The Morgan fingerprint density at radius 3 is 2.14 bits per heavy atom. The van der Waals surface area contributed by atoms with E-state index in [0.29, 0.717) is 17.2 Å². The first-order valence-corrected chi connectivity index (χ1v) is 11.3. The fourth-order valence-electron chi connectivity index (χ4n) is 3.63. The molecule has 0 saturated heterocycles. The van der Waals surface area contributed by atoms with Crippen LogP contribution < -0.4 is 9.47 Å². The molecule has 1 N–H and O–H groups in total. The number of carbonyl (C=O) groups is 1. The summed E-state index contributed by atoms with van der Waals surface area (Å²) in [6.07, 6.45) is 3.33. The molecule has 1 aliphatic rings. The molecule has 7 heteroatoms. The molecular weight excluding hydrogens is 645 g/mol. The number of nitrogens with zero attached hydrogens (tertiary/aromatic N) is 2. The monoisotopic (exact) mass is 666 g/mol. The molecular formula is C30H21IrN2O4-. The Morgan fingerprint density at radius 2 is 1.49 bits per heavy atom. The number of ether oxygens (including phenoxy) is 2. The molecule has 0 amide bonds. The molecule has 0 aliphatic carbocycles. The number of aryl methyl sites for hydroxylation is 1. The van der Waals surface area contributed by atoms with E-state index in [2.05, 4.69) is 16.0 Å². The van der Waals surface area contributed by atoms with E-state index in [4.69, 9.17) is 14.6 Å². The van der Waals surface area contributed by atoms with Crippen LogP contribution in [0.4, 0.5) is 0 Å². The second-order valence-electron chi connectivity index (χ2n) is 8.02. The SMILES string of the molecule is Cc1ccc(-c2ccc(C(=O)O)nc2)cc1.[Ir].[c-]1ccc2c(c1-c1ccccn1)Oc1ccccc1O2. The van der Waals surface area contributed by atoms with Crippen molar-refractivity contribution < 1.29 is 39.5 Å². The van der Waals surface area contributed by atoms with Crippen LogP contribution in [0.1, 0.15) is 16.1 Å². The van der Waals surface area contributed by atoms with Gasteiger partial charge in [-0.1, -0.05) is 71.8 Å². The number of pyridine rings is 2. The van der Waals surface area contributed by atoms with Gasteiger partial charge >= 0.3 is 5.97 Å².